The van der Waals surface area contributed by atoms with Crippen LogP contribution in [0.15, 0.2) is 30.6 Å². The van der Waals surface area contributed by atoms with Crippen LogP contribution in [0.1, 0.15) is 30.8 Å². The summed E-state index contributed by atoms with van der Waals surface area (Å²) in [6, 6.07) is 7.52. The summed E-state index contributed by atoms with van der Waals surface area (Å²) in [5.74, 6) is 1.21. The molecule has 0 aliphatic rings. The number of hydrogen-bond donors (Lipinski definition) is 2. The molecule has 96 valence electrons. The van der Waals surface area contributed by atoms with Crippen LogP contribution in [0, 0.1) is 0 Å². The molecule has 1 aromatic heterocycles. The van der Waals surface area contributed by atoms with E-state index >= 15 is 0 Å². The Bertz CT molecular complexity index is 509. The Hall–Kier alpha value is -1.88. The van der Waals surface area contributed by atoms with E-state index in [0.29, 0.717) is 12.3 Å². The van der Waals surface area contributed by atoms with Crippen molar-refractivity contribution in [3.05, 3.63) is 42.0 Å². The van der Waals surface area contributed by atoms with Crippen LogP contribution in [0.4, 0.5) is 0 Å². The summed E-state index contributed by atoms with van der Waals surface area (Å²) in [6.45, 7) is 2.71. The normalized spacial score (nSPS) is 12.6. The van der Waals surface area contributed by atoms with Crippen LogP contribution >= 0.6 is 0 Å². The monoisotopic (exact) mass is 246 g/mol. The highest BCUT2D eigenvalue weighted by Crippen LogP contribution is 2.25. The molecule has 5 heteroatoms. The minimum absolute atomic E-state index is 0.114. The SMILES string of the molecule is CCC(NCc1nncn1C)c1ccccc1O. The highest BCUT2D eigenvalue weighted by molar-refractivity contribution is 5.34. The molecule has 1 heterocycles. The number of benzene rings is 1. The van der Waals surface area contributed by atoms with E-state index in [1.165, 1.54) is 0 Å². The summed E-state index contributed by atoms with van der Waals surface area (Å²) in [6.07, 6.45) is 2.58. The molecule has 0 amide bonds. The maximum absolute atomic E-state index is 9.85. The molecule has 2 aromatic rings. The van der Waals surface area contributed by atoms with Crippen molar-refractivity contribution >= 4 is 0 Å². The Morgan fingerprint density at radius 2 is 2.17 bits per heavy atom. The molecule has 1 unspecified atom stereocenters. The topological polar surface area (TPSA) is 63.0 Å². The highest BCUT2D eigenvalue weighted by atomic mass is 16.3. The molecular formula is C13H18N4O. The fourth-order valence-corrected chi connectivity index (χ4v) is 1.94. The number of aryl methyl sites for hydroxylation is 1. The third kappa shape index (κ3) is 2.68. The molecule has 0 fully saturated rings. The molecule has 18 heavy (non-hydrogen) atoms. The summed E-state index contributed by atoms with van der Waals surface area (Å²) < 4.78 is 1.88. The second-order valence-electron chi connectivity index (χ2n) is 4.26. The molecule has 0 radical (unpaired) electrons. The van der Waals surface area contributed by atoms with Crippen molar-refractivity contribution in [1.29, 1.82) is 0 Å². The zero-order valence-electron chi connectivity index (χ0n) is 10.7. The fraction of sp³-hybridized carbons (Fsp3) is 0.385. The van der Waals surface area contributed by atoms with Gasteiger partial charge in [-0.3, -0.25) is 0 Å². The van der Waals surface area contributed by atoms with Gasteiger partial charge in [-0.05, 0) is 12.5 Å². The summed E-state index contributed by atoms with van der Waals surface area (Å²) in [4.78, 5) is 0. The highest BCUT2D eigenvalue weighted by Gasteiger charge is 2.13. The van der Waals surface area contributed by atoms with Gasteiger partial charge in [-0.1, -0.05) is 25.1 Å². The van der Waals surface area contributed by atoms with E-state index in [2.05, 4.69) is 22.4 Å². The van der Waals surface area contributed by atoms with Crippen LogP contribution in [0.2, 0.25) is 0 Å². The third-order valence-corrected chi connectivity index (χ3v) is 3.03. The molecule has 5 nitrogen and oxygen atoms in total. The zero-order valence-corrected chi connectivity index (χ0v) is 10.7. The van der Waals surface area contributed by atoms with Crippen molar-refractivity contribution in [2.24, 2.45) is 7.05 Å². The Labute approximate surface area is 106 Å². The number of nitrogens with one attached hydrogen (secondary N) is 1. The van der Waals surface area contributed by atoms with Crippen LogP contribution in [0.5, 0.6) is 5.75 Å². The second-order valence-corrected chi connectivity index (χ2v) is 4.26. The lowest BCUT2D eigenvalue weighted by Gasteiger charge is -2.18. The zero-order chi connectivity index (χ0) is 13.0. The summed E-state index contributed by atoms with van der Waals surface area (Å²) >= 11 is 0. The van der Waals surface area contributed by atoms with E-state index < -0.39 is 0 Å². The first-order valence-electron chi connectivity index (χ1n) is 6.06. The molecule has 0 saturated heterocycles. The summed E-state index contributed by atoms with van der Waals surface area (Å²) in [7, 11) is 1.91. The number of phenolic OH excluding ortho intramolecular Hbond substituents is 1. The van der Waals surface area contributed by atoms with Crippen LogP contribution in [0.25, 0.3) is 0 Å². The van der Waals surface area contributed by atoms with Gasteiger partial charge in [-0.25, -0.2) is 0 Å². The molecule has 0 saturated carbocycles. The first kappa shape index (κ1) is 12.6. The van der Waals surface area contributed by atoms with Crippen molar-refractivity contribution in [3.63, 3.8) is 0 Å². The molecule has 0 aliphatic carbocycles. The summed E-state index contributed by atoms with van der Waals surface area (Å²) in [5.41, 5.74) is 0.919. The lowest BCUT2D eigenvalue weighted by molar-refractivity contribution is 0.437. The van der Waals surface area contributed by atoms with E-state index in [-0.39, 0.29) is 6.04 Å². The number of phenols is 1. The first-order chi connectivity index (χ1) is 8.72. The van der Waals surface area contributed by atoms with Crippen molar-refractivity contribution in [2.75, 3.05) is 0 Å². The third-order valence-electron chi connectivity index (χ3n) is 3.03. The number of hydrogen-bond acceptors (Lipinski definition) is 4. The Kier molecular flexibility index (Phi) is 3.94. The smallest absolute Gasteiger partial charge is 0.146 e. The van der Waals surface area contributed by atoms with Gasteiger partial charge in [-0.2, -0.15) is 0 Å². The number of para-hydroxylation sites is 1. The van der Waals surface area contributed by atoms with Crippen molar-refractivity contribution in [3.8, 4) is 5.75 Å². The molecule has 0 spiro atoms. The largest absolute Gasteiger partial charge is 0.508 e. The van der Waals surface area contributed by atoms with Gasteiger partial charge in [0.2, 0.25) is 0 Å². The molecule has 2 N–H and O–H groups in total. The predicted octanol–water partition coefficient (Wildman–Crippen LogP) is 1.76. The van der Waals surface area contributed by atoms with Crippen molar-refractivity contribution in [2.45, 2.75) is 25.9 Å². The molecule has 0 bridgehead atoms. The van der Waals surface area contributed by atoms with Crippen LogP contribution in [-0.2, 0) is 13.6 Å². The minimum Gasteiger partial charge on any atom is -0.508 e. The number of aromatic nitrogens is 3. The standard InChI is InChI=1S/C13H18N4O/c1-3-11(10-6-4-5-7-12(10)18)14-8-13-16-15-9-17(13)2/h4-7,9,11,14,18H,3,8H2,1-2H3. The maximum atomic E-state index is 9.85. The van der Waals surface area contributed by atoms with Gasteiger partial charge in [0.15, 0.2) is 0 Å². The van der Waals surface area contributed by atoms with Crippen LogP contribution < -0.4 is 5.32 Å². The van der Waals surface area contributed by atoms with Gasteiger partial charge in [0.25, 0.3) is 0 Å². The van der Waals surface area contributed by atoms with Gasteiger partial charge >= 0.3 is 0 Å². The molecular weight excluding hydrogens is 228 g/mol. The van der Waals surface area contributed by atoms with Crippen LogP contribution in [-0.4, -0.2) is 19.9 Å². The van der Waals surface area contributed by atoms with E-state index in [9.17, 15) is 5.11 Å². The van der Waals surface area contributed by atoms with Gasteiger partial charge in [0.1, 0.15) is 17.9 Å². The number of aromatic hydroxyl groups is 1. The fourth-order valence-electron chi connectivity index (χ4n) is 1.94. The average Bonchev–Trinajstić information content (AvgIpc) is 2.78. The molecule has 1 atom stereocenters. The second kappa shape index (κ2) is 5.64. The Balaban J connectivity index is 2.07. The van der Waals surface area contributed by atoms with E-state index in [0.717, 1.165) is 17.8 Å². The number of nitrogens with zero attached hydrogens (tertiary/aromatic N) is 3. The quantitative estimate of drug-likeness (QED) is 0.844. The van der Waals surface area contributed by atoms with Gasteiger partial charge in [0, 0.05) is 18.7 Å². The first-order valence-corrected chi connectivity index (χ1v) is 6.06. The maximum Gasteiger partial charge on any atom is 0.146 e. The minimum atomic E-state index is 0.114. The van der Waals surface area contributed by atoms with E-state index in [4.69, 9.17) is 0 Å². The van der Waals surface area contributed by atoms with Crippen LogP contribution in [0.3, 0.4) is 0 Å². The van der Waals surface area contributed by atoms with Gasteiger partial charge in [0.05, 0.1) is 6.54 Å². The molecule has 1 aromatic carbocycles. The van der Waals surface area contributed by atoms with E-state index in [1.54, 1.807) is 12.4 Å². The lowest BCUT2D eigenvalue weighted by Crippen LogP contribution is -2.22. The van der Waals surface area contributed by atoms with Gasteiger partial charge in [-0.15, -0.1) is 10.2 Å². The van der Waals surface area contributed by atoms with Gasteiger partial charge < -0.3 is 15.0 Å². The Morgan fingerprint density at radius 1 is 1.39 bits per heavy atom. The predicted molar refractivity (Wildman–Crippen MR) is 69.0 cm³/mol. The Morgan fingerprint density at radius 3 is 2.78 bits per heavy atom. The molecule has 0 aliphatic heterocycles. The van der Waals surface area contributed by atoms with Crippen molar-refractivity contribution in [1.82, 2.24) is 20.1 Å². The summed E-state index contributed by atoms with van der Waals surface area (Å²) in [5, 5.41) is 21.1. The van der Waals surface area contributed by atoms with Crippen molar-refractivity contribution < 1.29 is 5.11 Å². The average molecular weight is 246 g/mol. The molecule has 2 rings (SSSR count). The van der Waals surface area contributed by atoms with E-state index in [1.807, 2.05) is 29.8 Å². The number of rotatable bonds is 5. The lowest BCUT2D eigenvalue weighted by atomic mass is 10.0.